The summed E-state index contributed by atoms with van der Waals surface area (Å²) >= 11 is 1.97. The summed E-state index contributed by atoms with van der Waals surface area (Å²) in [7, 11) is 0. The Kier molecular flexibility index (Phi) is 2.80. The van der Waals surface area contributed by atoms with Crippen molar-refractivity contribution in [2.45, 2.75) is 44.7 Å². The number of thiophene rings is 1. The van der Waals surface area contributed by atoms with Crippen molar-refractivity contribution in [3.63, 3.8) is 0 Å². The Labute approximate surface area is 120 Å². The topological polar surface area (TPSA) is 15.3 Å². The predicted molar refractivity (Wildman–Crippen MR) is 80.6 cm³/mol. The number of rotatable bonds is 1. The minimum absolute atomic E-state index is 0.357. The van der Waals surface area contributed by atoms with Crippen molar-refractivity contribution in [2.75, 3.05) is 19.6 Å². The van der Waals surface area contributed by atoms with Crippen LogP contribution in [0.2, 0.25) is 0 Å². The molecule has 0 radical (unpaired) electrons. The average Bonchev–Trinajstić information content (AvgIpc) is 3.06. The number of fused-ring (bicyclic) bond motifs is 2. The van der Waals surface area contributed by atoms with Gasteiger partial charge in [0.05, 0.1) is 0 Å². The number of nitrogens with one attached hydrogen (secondary N) is 1. The average molecular weight is 276 g/mol. The summed E-state index contributed by atoms with van der Waals surface area (Å²) in [5.41, 5.74) is 2.01. The van der Waals surface area contributed by atoms with Gasteiger partial charge in [-0.1, -0.05) is 0 Å². The number of likely N-dealkylation sites (tertiary alicyclic amines) is 1. The van der Waals surface area contributed by atoms with Crippen LogP contribution < -0.4 is 5.32 Å². The third-order valence-corrected chi connectivity index (χ3v) is 6.81. The van der Waals surface area contributed by atoms with E-state index in [2.05, 4.69) is 35.5 Å². The quantitative estimate of drug-likeness (QED) is 0.848. The lowest BCUT2D eigenvalue weighted by Gasteiger charge is -2.42. The zero-order valence-electron chi connectivity index (χ0n) is 12.0. The normalized spacial score (nSPS) is 37.3. The molecule has 1 aromatic heterocycles. The molecule has 0 aromatic carbocycles. The molecular formula is C16H24N2S. The maximum atomic E-state index is 3.59. The van der Waals surface area contributed by atoms with E-state index in [0.29, 0.717) is 11.6 Å². The van der Waals surface area contributed by atoms with E-state index >= 15 is 0 Å². The molecule has 1 aromatic rings. The fourth-order valence-electron chi connectivity index (χ4n) is 4.77. The molecule has 0 bridgehead atoms. The van der Waals surface area contributed by atoms with E-state index in [9.17, 15) is 0 Å². The lowest BCUT2D eigenvalue weighted by atomic mass is 9.83. The van der Waals surface area contributed by atoms with E-state index < -0.39 is 0 Å². The van der Waals surface area contributed by atoms with Crippen molar-refractivity contribution in [3.8, 4) is 0 Å². The van der Waals surface area contributed by atoms with Crippen molar-refractivity contribution in [1.82, 2.24) is 10.2 Å². The van der Waals surface area contributed by atoms with Crippen LogP contribution in [0.5, 0.6) is 0 Å². The van der Waals surface area contributed by atoms with Crippen molar-refractivity contribution in [1.29, 1.82) is 0 Å². The first-order valence-corrected chi connectivity index (χ1v) is 8.59. The van der Waals surface area contributed by atoms with Gasteiger partial charge in [-0.05, 0) is 68.5 Å². The number of hydrogen-bond acceptors (Lipinski definition) is 3. The van der Waals surface area contributed by atoms with Gasteiger partial charge in [-0.15, -0.1) is 11.3 Å². The summed E-state index contributed by atoms with van der Waals surface area (Å²) in [4.78, 5) is 4.50. The fraction of sp³-hybridized carbons (Fsp3) is 0.750. The molecule has 0 spiro atoms. The maximum Gasteiger partial charge on any atom is 0.0364 e. The highest BCUT2D eigenvalue weighted by Gasteiger charge is 2.52. The number of hydrogen-bond donors (Lipinski definition) is 1. The van der Waals surface area contributed by atoms with Gasteiger partial charge < -0.3 is 5.32 Å². The molecule has 19 heavy (non-hydrogen) atoms. The standard InChI is InChI=1S/C16H24N2S/c1-16(2)13-9-17-8-11(13)10-18(16)14-4-3-5-15-12(14)6-7-19-15/h6-7,11,13-14,17H,3-5,8-10H2,1-2H3. The third kappa shape index (κ3) is 1.75. The molecule has 2 nitrogen and oxygen atoms in total. The van der Waals surface area contributed by atoms with Crippen LogP contribution in [0.4, 0.5) is 0 Å². The van der Waals surface area contributed by atoms with Crippen LogP contribution in [0.3, 0.4) is 0 Å². The minimum atomic E-state index is 0.357. The first-order valence-electron chi connectivity index (χ1n) is 7.71. The molecule has 3 aliphatic rings. The summed E-state index contributed by atoms with van der Waals surface area (Å²) in [6.45, 7) is 8.70. The van der Waals surface area contributed by atoms with Crippen LogP contribution in [-0.2, 0) is 6.42 Å². The Hall–Kier alpha value is -0.380. The number of nitrogens with zero attached hydrogens (tertiary/aromatic N) is 1. The van der Waals surface area contributed by atoms with Crippen molar-refractivity contribution in [2.24, 2.45) is 11.8 Å². The molecule has 2 fully saturated rings. The summed E-state index contributed by atoms with van der Waals surface area (Å²) < 4.78 is 0. The van der Waals surface area contributed by atoms with Crippen LogP contribution in [0.25, 0.3) is 0 Å². The molecule has 0 saturated carbocycles. The molecular weight excluding hydrogens is 252 g/mol. The molecule has 104 valence electrons. The Morgan fingerprint density at radius 2 is 2.26 bits per heavy atom. The van der Waals surface area contributed by atoms with E-state index in [1.54, 1.807) is 10.4 Å². The van der Waals surface area contributed by atoms with Gasteiger partial charge in [0.2, 0.25) is 0 Å². The van der Waals surface area contributed by atoms with E-state index in [1.807, 2.05) is 11.3 Å². The molecule has 0 amide bonds. The van der Waals surface area contributed by atoms with E-state index in [0.717, 1.165) is 11.8 Å². The molecule has 4 rings (SSSR count). The van der Waals surface area contributed by atoms with Gasteiger partial charge >= 0.3 is 0 Å². The largest absolute Gasteiger partial charge is 0.316 e. The van der Waals surface area contributed by atoms with Gasteiger partial charge in [0, 0.05) is 29.5 Å². The zero-order valence-corrected chi connectivity index (χ0v) is 12.8. The van der Waals surface area contributed by atoms with E-state index in [4.69, 9.17) is 0 Å². The van der Waals surface area contributed by atoms with Crippen molar-refractivity contribution < 1.29 is 0 Å². The van der Waals surface area contributed by atoms with Gasteiger partial charge in [-0.2, -0.15) is 0 Å². The zero-order chi connectivity index (χ0) is 13.0. The Balaban J connectivity index is 1.68. The first kappa shape index (κ1) is 12.4. The molecule has 2 saturated heterocycles. The van der Waals surface area contributed by atoms with Gasteiger partial charge in [0.15, 0.2) is 0 Å². The highest BCUT2D eigenvalue weighted by Crippen LogP contribution is 2.48. The fourth-order valence-corrected chi connectivity index (χ4v) is 5.75. The van der Waals surface area contributed by atoms with E-state index in [1.165, 1.54) is 38.9 Å². The molecule has 3 atom stereocenters. The van der Waals surface area contributed by atoms with Crippen LogP contribution >= 0.6 is 11.3 Å². The summed E-state index contributed by atoms with van der Waals surface area (Å²) in [5, 5.41) is 5.89. The second-order valence-corrected chi connectivity index (χ2v) is 8.04. The first-order chi connectivity index (χ1) is 9.18. The monoisotopic (exact) mass is 276 g/mol. The summed E-state index contributed by atoms with van der Waals surface area (Å²) in [6.07, 6.45) is 4.05. The Bertz CT molecular complexity index is 479. The lowest BCUT2D eigenvalue weighted by molar-refractivity contribution is 0.0793. The highest BCUT2D eigenvalue weighted by atomic mass is 32.1. The molecule has 1 N–H and O–H groups in total. The van der Waals surface area contributed by atoms with Gasteiger partial charge in [0.1, 0.15) is 0 Å². The van der Waals surface area contributed by atoms with Crippen LogP contribution in [0, 0.1) is 11.8 Å². The highest BCUT2D eigenvalue weighted by molar-refractivity contribution is 7.10. The summed E-state index contributed by atoms with van der Waals surface area (Å²) in [5.74, 6) is 1.72. The SMILES string of the molecule is CC1(C)C2CNCC2CN1C1CCCc2sccc21. The molecule has 1 aliphatic carbocycles. The van der Waals surface area contributed by atoms with Crippen LogP contribution in [0.15, 0.2) is 11.4 Å². The second-order valence-electron chi connectivity index (χ2n) is 7.04. The van der Waals surface area contributed by atoms with Crippen LogP contribution in [0.1, 0.15) is 43.2 Å². The molecule has 3 heteroatoms. The predicted octanol–water partition coefficient (Wildman–Crippen LogP) is 3.06. The lowest BCUT2D eigenvalue weighted by Crippen LogP contribution is -2.46. The maximum absolute atomic E-state index is 3.59. The molecule has 3 unspecified atom stereocenters. The van der Waals surface area contributed by atoms with Crippen molar-refractivity contribution >= 4 is 11.3 Å². The van der Waals surface area contributed by atoms with Gasteiger partial charge in [0.25, 0.3) is 0 Å². The van der Waals surface area contributed by atoms with Crippen molar-refractivity contribution in [3.05, 3.63) is 21.9 Å². The Morgan fingerprint density at radius 3 is 3.11 bits per heavy atom. The van der Waals surface area contributed by atoms with E-state index in [-0.39, 0.29) is 0 Å². The van der Waals surface area contributed by atoms with Gasteiger partial charge in [-0.25, -0.2) is 0 Å². The molecule has 2 aliphatic heterocycles. The minimum Gasteiger partial charge on any atom is -0.316 e. The third-order valence-electron chi connectivity index (χ3n) is 5.82. The Morgan fingerprint density at radius 1 is 1.37 bits per heavy atom. The number of aryl methyl sites for hydroxylation is 1. The smallest absolute Gasteiger partial charge is 0.0364 e. The van der Waals surface area contributed by atoms with Gasteiger partial charge in [-0.3, -0.25) is 4.90 Å². The van der Waals surface area contributed by atoms with Crippen LogP contribution in [-0.4, -0.2) is 30.1 Å². The second kappa shape index (κ2) is 4.31. The molecule has 3 heterocycles. The summed E-state index contributed by atoms with van der Waals surface area (Å²) in [6, 6.07) is 3.09.